The molecule has 7 heteroatoms. The van der Waals surface area contributed by atoms with Gasteiger partial charge in [0.25, 0.3) is 0 Å². The number of nitrogens with two attached hydrogens (primary N) is 1. The summed E-state index contributed by atoms with van der Waals surface area (Å²) < 4.78 is 18.9. The number of carbonyl (C=O) groups is 1. The fraction of sp³-hybridized carbons (Fsp3) is 0.741. The molecule has 2 spiro atoms. The molecule has 4 bridgehead atoms. The molecule has 1 aromatic rings. The van der Waals surface area contributed by atoms with E-state index in [1.54, 1.807) is 14.0 Å². The van der Waals surface area contributed by atoms with Crippen LogP contribution in [0.25, 0.3) is 0 Å². The van der Waals surface area contributed by atoms with Gasteiger partial charge in [0.1, 0.15) is 17.7 Å². The number of phenolic OH excluding ortho intramolecular Hbond substituents is 1. The van der Waals surface area contributed by atoms with Crippen molar-refractivity contribution in [1.29, 1.82) is 0 Å². The number of benzene rings is 1. The number of fused-ring (bicyclic) bond motifs is 2. The fourth-order valence-corrected chi connectivity index (χ4v) is 9.06. The maximum Gasteiger partial charge on any atom is 0.322 e. The molecule has 4 saturated carbocycles. The van der Waals surface area contributed by atoms with Crippen molar-refractivity contribution in [3.8, 4) is 11.5 Å². The van der Waals surface area contributed by atoms with Crippen LogP contribution in [0.5, 0.6) is 11.5 Å². The second-order valence-electron chi connectivity index (χ2n) is 12.0. The number of nitrogens with zero attached hydrogens (tertiary/aromatic N) is 1. The van der Waals surface area contributed by atoms with Crippen molar-refractivity contribution < 1.29 is 24.1 Å². The summed E-state index contributed by atoms with van der Waals surface area (Å²) in [5.74, 6) is 1.42. The average molecular weight is 469 g/mol. The van der Waals surface area contributed by atoms with Crippen molar-refractivity contribution in [1.82, 2.24) is 4.90 Å². The van der Waals surface area contributed by atoms with Gasteiger partial charge in [-0.1, -0.05) is 6.07 Å². The molecule has 8 rings (SSSR count). The van der Waals surface area contributed by atoms with E-state index in [4.69, 9.17) is 19.9 Å². The molecule has 34 heavy (non-hydrogen) atoms. The van der Waals surface area contributed by atoms with Crippen LogP contribution in [0.15, 0.2) is 12.1 Å². The average Bonchev–Trinajstić information content (AvgIpc) is 3.57. The van der Waals surface area contributed by atoms with Gasteiger partial charge in [-0.25, -0.2) is 0 Å². The van der Waals surface area contributed by atoms with Crippen LogP contribution < -0.4 is 10.5 Å². The highest BCUT2D eigenvalue weighted by Gasteiger charge is 2.80. The monoisotopic (exact) mass is 468 g/mol. The van der Waals surface area contributed by atoms with Gasteiger partial charge in [-0.2, -0.15) is 0 Å². The van der Waals surface area contributed by atoms with Crippen LogP contribution in [0.1, 0.15) is 56.6 Å². The molecular weight excluding hydrogens is 432 g/mol. The molecule has 7 atom stereocenters. The van der Waals surface area contributed by atoms with E-state index >= 15 is 0 Å². The van der Waals surface area contributed by atoms with E-state index in [2.05, 4.69) is 11.0 Å². The molecule has 0 aromatic heterocycles. The van der Waals surface area contributed by atoms with Crippen molar-refractivity contribution >= 4 is 5.97 Å². The summed E-state index contributed by atoms with van der Waals surface area (Å²) in [7, 11) is 1.78. The van der Waals surface area contributed by atoms with Crippen LogP contribution in [-0.2, 0) is 26.1 Å². The summed E-state index contributed by atoms with van der Waals surface area (Å²) in [6.07, 6.45) is 7.47. The van der Waals surface area contributed by atoms with Gasteiger partial charge in [0.05, 0.1) is 6.61 Å². The van der Waals surface area contributed by atoms with E-state index in [1.807, 2.05) is 6.07 Å². The predicted octanol–water partition coefficient (Wildman–Crippen LogP) is 2.51. The summed E-state index contributed by atoms with van der Waals surface area (Å²) in [4.78, 5) is 15.1. The minimum absolute atomic E-state index is 0.0303. The van der Waals surface area contributed by atoms with Gasteiger partial charge < -0.3 is 25.1 Å². The normalized spacial score (nSPS) is 42.1. The molecule has 1 aromatic carbocycles. The molecule has 5 fully saturated rings. The third-order valence-electron chi connectivity index (χ3n) is 10.6. The molecule has 1 saturated heterocycles. The predicted molar refractivity (Wildman–Crippen MR) is 125 cm³/mol. The number of hydrogen-bond acceptors (Lipinski definition) is 7. The second-order valence-corrected chi connectivity index (χ2v) is 12.0. The number of ether oxygens (including phenoxy) is 3. The van der Waals surface area contributed by atoms with E-state index < -0.39 is 11.6 Å². The number of methoxy groups -OCH3 is 1. The second kappa shape index (κ2) is 6.89. The van der Waals surface area contributed by atoms with Gasteiger partial charge in [-0.05, 0) is 76.0 Å². The summed E-state index contributed by atoms with van der Waals surface area (Å²) in [6.45, 7) is 4.23. The van der Waals surface area contributed by atoms with Crippen molar-refractivity contribution in [3.63, 3.8) is 0 Å². The molecule has 0 amide bonds. The van der Waals surface area contributed by atoms with Crippen LogP contribution in [0, 0.1) is 17.3 Å². The lowest BCUT2D eigenvalue weighted by atomic mass is 9.35. The maximum absolute atomic E-state index is 12.3. The molecule has 7 aliphatic rings. The Morgan fingerprint density at radius 3 is 2.88 bits per heavy atom. The molecular formula is C27H36N2O5. The van der Waals surface area contributed by atoms with Gasteiger partial charge in [0.2, 0.25) is 0 Å². The number of esters is 1. The number of rotatable bonds is 6. The van der Waals surface area contributed by atoms with Crippen LogP contribution in [-0.4, -0.2) is 66.6 Å². The van der Waals surface area contributed by atoms with Crippen LogP contribution in [0.3, 0.4) is 0 Å². The number of aromatic hydroxyl groups is 1. The lowest BCUT2D eigenvalue weighted by Gasteiger charge is -2.73. The Bertz CT molecular complexity index is 1060. The van der Waals surface area contributed by atoms with Crippen molar-refractivity contribution in [2.24, 2.45) is 23.0 Å². The molecule has 5 aliphatic carbocycles. The summed E-state index contributed by atoms with van der Waals surface area (Å²) in [5, 5.41) is 10.9. The SMILES string of the molecule is CO[C@]12CC[C@@]3(C[C@@H]1COC(=O)[C@H](C)N)[C@H]1Cc4ccc(O)c5c4[C@@]3(CCN1CC1CC1)[C@H]2O5. The maximum atomic E-state index is 12.3. The third-order valence-corrected chi connectivity index (χ3v) is 10.6. The minimum Gasteiger partial charge on any atom is -0.504 e. The number of hydrogen-bond donors (Lipinski definition) is 2. The zero-order chi connectivity index (χ0) is 23.5. The summed E-state index contributed by atoms with van der Waals surface area (Å²) >= 11 is 0. The Hall–Kier alpha value is -1.83. The van der Waals surface area contributed by atoms with Gasteiger partial charge in [-0.15, -0.1) is 0 Å². The zero-order valence-electron chi connectivity index (χ0n) is 20.2. The van der Waals surface area contributed by atoms with Crippen molar-refractivity contribution in [2.45, 2.75) is 81.1 Å². The first kappa shape index (κ1) is 21.5. The summed E-state index contributed by atoms with van der Waals surface area (Å²) in [5.41, 5.74) is 7.71. The van der Waals surface area contributed by atoms with E-state index in [0.717, 1.165) is 44.6 Å². The lowest BCUT2D eigenvalue weighted by Crippen LogP contribution is -2.81. The van der Waals surface area contributed by atoms with Gasteiger partial charge in [0.15, 0.2) is 11.5 Å². The molecule has 0 unspecified atom stereocenters. The van der Waals surface area contributed by atoms with Gasteiger partial charge in [-0.3, -0.25) is 9.69 Å². The quantitative estimate of drug-likeness (QED) is 0.620. The zero-order valence-corrected chi connectivity index (χ0v) is 20.2. The Labute approximate surface area is 200 Å². The van der Waals surface area contributed by atoms with Gasteiger partial charge in [0, 0.05) is 42.0 Å². The standard InChI is InChI=1S/C27H36N2O5/c1-15(28)23(31)33-14-18-12-25-7-8-27(18,32-2)24-26(25)9-10-29(13-16-3-4-16)20(25)11-17-5-6-19(30)22(34-24)21(17)26/h5-6,15-16,18,20,24,30H,3-4,7-14,28H2,1-2H3/t15-,18+,20+,24+,25+,26-,27+/m0/s1. The number of phenols is 1. The Balaban J connectivity index is 1.37. The highest BCUT2D eigenvalue weighted by Crippen LogP contribution is 2.76. The molecule has 2 aliphatic heterocycles. The van der Waals surface area contributed by atoms with Crippen LogP contribution >= 0.6 is 0 Å². The third kappa shape index (κ3) is 2.41. The van der Waals surface area contributed by atoms with E-state index in [9.17, 15) is 9.90 Å². The van der Waals surface area contributed by atoms with Crippen LogP contribution in [0.2, 0.25) is 0 Å². The van der Waals surface area contributed by atoms with Crippen molar-refractivity contribution in [2.75, 3.05) is 26.8 Å². The molecule has 2 heterocycles. The molecule has 0 radical (unpaired) electrons. The van der Waals surface area contributed by atoms with Gasteiger partial charge >= 0.3 is 5.97 Å². The minimum atomic E-state index is -0.640. The summed E-state index contributed by atoms with van der Waals surface area (Å²) in [6, 6.07) is 3.74. The molecule has 3 N–H and O–H groups in total. The molecule has 184 valence electrons. The number of carbonyl (C=O) groups excluding carboxylic acids is 1. The Morgan fingerprint density at radius 2 is 2.15 bits per heavy atom. The first-order chi connectivity index (χ1) is 16.4. The lowest BCUT2D eigenvalue weighted by molar-refractivity contribution is -0.282. The highest BCUT2D eigenvalue weighted by molar-refractivity contribution is 5.75. The topological polar surface area (TPSA) is 94.2 Å². The van der Waals surface area contributed by atoms with E-state index in [-0.39, 0.29) is 34.6 Å². The van der Waals surface area contributed by atoms with E-state index in [0.29, 0.717) is 18.4 Å². The number of likely N-dealkylation sites (tertiary alicyclic amines) is 1. The molecule has 7 nitrogen and oxygen atoms in total. The fourth-order valence-electron chi connectivity index (χ4n) is 9.06. The van der Waals surface area contributed by atoms with Crippen molar-refractivity contribution in [3.05, 3.63) is 23.3 Å². The Kier molecular flexibility index (Phi) is 4.35. The smallest absolute Gasteiger partial charge is 0.322 e. The largest absolute Gasteiger partial charge is 0.504 e. The highest BCUT2D eigenvalue weighted by atomic mass is 16.6. The first-order valence-corrected chi connectivity index (χ1v) is 13.1. The first-order valence-electron chi connectivity index (χ1n) is 13.1. The Morgan fingerprint density at radius 1 is 1.32 bits per heavy atom. The number of piperidine rings is 1. The van der Waals surface area contributed by atoms with E-state index in [1.165, 1.54) is 30.5 Å². The van der Waals surface area contributed by atoms with Crippen LogP contribution in [0.4, 0.5) is 0 Å².